The van der Waals surface area contributed by atoms with E-state index in [0.29, 0.717) is 11.6 Å². The number of hydrogen-bond acceptors (Lipinski definition) is 6. The summed E-state index contributed by atoms with van der Waals surface area (Å²) in [5.41, 5.74) is 6.74. The van der Waals surface area contributed by atoms with Crippen LogP contribution >= 0.6 is 11.3 Å². The Kier molecular flexibility index (Phi) is 3.76. The molecule has 0 fully saturated rings. The third kappa shape index (κ3) is 2.59. The van der Waals surface area contributed by atoms with Gasteiger partial charge in [-0.25, -0.2) is 15.0 Å². The van der Waals surface area contributed by atoms with Crippen LogP contribution in [0.1, 0.15) is 35.8 Å². The molecule has 0 aliphatic heterocycles. The standard InChI is InChI=1S/C12H17N5S/c1-4-9(12-14-5-6-18-12)17-11-7(2)10(13)15-8(3)16-11/h5-6,9H,4H2,1-3H3,(H3,13,15,16,17). The maximum atomic E-state index is 5.85. The van der Waals surface area contributed by atoms with Crippen LogP contribution in [0.25, 0.3) is 0 Å². The van der Waals surface area contributed by atoms with Gasteiger partial charge in [0.15, 0.2) is 0 Å². The van der Waals surface area contributed by atoms with Crippen molar-refractivity contribution in [2.24, 2.45) is 0 Å². The first-order valence-corrected chi connectivity index (χ1v) is 6.76. The molecule has 2 aromatic rings. The molecule has 3 N–H and O–H groups in total. The summed E-state index contributed by atoms with van der Waals surface area (Å²) in [7, 11) is 0. The molecular weight excluding hydrogens is 246 g/mol. The van der Waals surface area contributed by atoms with Gasteiger partial charge in [0.25, 0.3) is 0 Å². The first kappa shape index (κ1) is 12.8. The molecule has 6 heteroatoms. The molecule has 96 valence electrons. The molecule has 2 aromatic heterocycles. The number of hydrogen-bond donors (Lipinski definition) is 2. The van der Waals surface area contributed by atoms with Crippen molar-refractivity contribution in [1.29, 1.82) is 0 Å². The average molecular weight is 263 g/mol. The smallest absolute Gasteiger partial charge is 0.135 e. The fourth-order valence-electron chi connectivity index (χ4n) is 1.70. The van der Waals surface area contributed by atoms with Gasteiger partial charge in [-0.05, 0) is 20.3 Å². The van der Waals surface area contributed by atoms with E-state index in [4.69, 9.17) is 5.73 Å². The van der Waals surface area contributed by atoms with Crippen LogP contribution in [-0.2, 0) is 0 Å². The molecule has 0 radical (unpaired) electrons. The van der Waals surface area contributed by atoms with E-state index in [1.807, 2.05) is 25.4 Å². The third-order valence-corrected chi connectivity index (χ3v) is 3.65. The molecule has 0 aliphatic rings. The minimum Gasteiger partial charge on any atom is -0.383 e. The number of nitrogens with one attached hydrogen (secondary N) is 1. The van der Waals surface area contributed by atoms with Gasteiger partial charge in [-0.2, -0.15) is 0 Å². The molecule has 0 aliphatic carbocycles. The number of nitrogens with zero attached hydrogens (tertiary/aromatic N) is 3. The lowest BCUT2D eigenvalue weighted by molar-refractivity contribution is 0.734. The zero-order valence-electron chi connectivity index (χ0n) is 10.8. The van der Waals surface area contributed by atoms with Crippen LogP contribution in [0.15, 0.2) is 11.6 Å². The highest BCUT2D eigenvalue weighted by molar-refractivity contribution is 7.09. The Labute approximate surface area is 111 Å². The van der Waals surface area contributed by atoms with Crippen LogP contribution in [0.2, 0.25) is 0 Å². The molecule has 18 heavy (non-hydrogen) atoms. The van der Waals surface area contributed by atoms with Crippen molar-refractivity contribution in [2.75, 3.05) is 11.1 Å². The maximum Gasteiger partial charge on any atom is 0.135 e. The highest BCUT2D eigenvalue weighted by atomic mass is 32.1. The quantitative estimate of drug-likeness (QED) is 0.887. The van der Waals surface area contributed by atoms with Crippen LogP contribution < -0.4 is 11.1 Å². The summed E-state index contributed by atoms with van der Waals surface area (Å²) >= 11 is 1.64. The molecule has 2 heterocycles. The molecule has 0 saturated carbocycles. The van der Waals surface area contributed by atoms with Gasteiger partial charge in [0.1, 0.15) is 22.5 Å². The van der Waals surface area contributed by atoms with Gasteiger partial charge in [-0.3, -0.25) is 0 Å². The summed E-state index contributed by atoms with van der Waals surface area (Å²) in [6, 6.07) is 0.164. The van der Waals surface area contributed by atoms with Crippen molar-refractivity contribution < 1.29 is 0 Å². The number of nitrogen functional groups attached to an aromatic ring is 1. The lowest BCUT2D eigenvalue weighted by Gasteiger charge is -2.17. The van der Waals surface area contributed by atoms with Crippen LogP contribution in [0.5, 0.6) is 0 Å². The molecule has 0 saturated heterocycles. The summed E-state index contributed by atoms with van der Waals surface area (Å²) in [5.74, 6) is 2.00. The predicted molar refractivity (Wildman–Crippen MR) is 74.7 cm³/mol. The average Bonchev–Trinajstić information content (AvgIpc) is 2.85. The topological polar surface area (TPSA) is 76.7 Å². The Morgan fingerprint density at radius 3 is 2.78 bits per heavy atom. The Morgan fingerprint density at radius 2 is 2.17 bits per heavy atom. The number of thiazole rings is 1. The largest absolute Gasteiger partial charge is 0.383 e. The molecule has 5 nitrogen and oxygen atoms in total. The fourth-order valence-corrected chi connectivity index (χ4v) is 2.47. The van der Waals surface area contributed by atoms with Gasteiger partial charge in [-0.15, -0.1) is 11.3 Å². The third-order valence-electron chi connectivity index (χ3n) is 2.76. The molecule has 1 unspecified atom stereocenters. The molecule has 2 rings (SSSR count). The summed E-state index contributed by atoms with van der Waals surface area (Å²) < 4.78 is 0. The van der Waals surface area contributed by atoms with Crippen molar-refractivity contribution in [1.82, 2.24) is 15.0 Å². The van der Waals surface area contributed by atoms with Crippen molar-refractivity contribution >= 4 is 23.0 Å². The van der Waals surface area contributed by atoms with Crippen LogP contribution in [0, 0.1) is 13.8 Å². The van der Waals surface area contributed by atoms with E-state index >= 15 is 0 Å². The zero-order chi connectivity index (χ0) is 13.1. The molecule has 0 aromatic carbocycles. The second-order valence-corrected chi connectivity index (χ2v) is 5.03. The Hall–Kier alpha value is -1.69. The monoisotopic (exact) mass is 263 g/mol. The highest BCUT2D eigenvalue weighted by Gasteiger charge is 2.15. The second kappa shape index (κ2) is 5.30. The van der Waals surface area contributed by atoms with Gasteiger partial charge in [0.2, 0.25) is 0 Å². The van der Waals surface area contributed by atoms with E-state index in [1.165, 1.54) is 0 Å². The van der Waals surface area contributed by atoms with E-state index in [0.717, 1.165) is 22.8 Å². The zero-order valence-corrected chi connectivity index (χ0v) is 11.6. The number of rotatable bonds is 4. The van der Waals surface area contributed by atoms with E-state index in [2.05, 4.69) is 27.2 Å². The highest BCUT2D eigenvalue weighted by Crippen LogP contribution is 2.26. The number of nitrogens with two attached hydrogens (primary N) is 1. The minimum absolute atomic E-state index is 0.164. The Morgan fingerprint density at radius 1 is 1.39 bits per heavy atom. The summed E-state index contributed by atoms with van der Waals surface area (Å²) in [6.07, 6.45) is 2.76. The second-order valence-electron chi connectivity index (χ2n) is 4.11. The number of aryl methyl sites for hydroxylation is 1. The lowest BCUT2D eigenvalue weighted by Crippen LogP contribution is -2.13. The summed E-state index contributed by atoms with van der Waals surface area (Å²) in [6.45, 7) is 5.88. The molecule has 0 spiro atoms. The van der Waals surface area contributed by atoms with E-state index < -0.39 is 0 Å². The van der Waals surface area contributed by atoms with E-state index in [-0.39, 0.29) is 6.04 Å². The molecule has 0 bridgehead atoms. The lowest BCUT2D eigenvalue weighted by atomic mass is 10.2. The van der Waals surface area contributed by atoms with Gasteiger partial charge in [0, 0.05) is 17.1 Å². The minimum atomic E-state index is 0.164. The SMILES string of the molecule is CCC(Nc1nc(C)nc(N)c1C)c1nccs1. The maximum absolute atomic E-state index is 5.85. The van der Waals surface area contributed by atoms with Gasteiger partial charge in [-0.1, -0.05) is 6.92 Å². The van der Waals surface area contributed by atoms with Crippen molar-refractivity contribution in [2.45, 2.75) is 33.2 Å². The van der Waals surface area contributed by atoms with Gasteiger partial charge < -0.3 is 11.1 Å². The van der Waals surface area contributed by atoms with Crippen molar-refractivity contribution in [3.05, 3.63) is 28.0 Å². The Balaban J connectivity index is 2.28. The first-order valence-electron chi connectivity index (χ1n) is 5.88. The first-order chi connectivity index (χ1) is 8.61. The van der Waals surface area contributed by atoms with Crippen LogP contribution in [0.4, 0.5) is 11.6 Å². The number of aromatic nitrogens is 3. The predicted octanol–water partition coefficient (Wildman–Crippen LogP) is 2.70. The van der Waals surface area contributed by atoms with E-state index in [1.54, 1.807) is 11.3 Å². The fraction of sp³-hybridized carbons (Fsp3) is 0.417. The van der Waals surface area contributed by atoms with Crippen LogP contribution in [0.3, 0.4) is 0 Å². The van der Waals surface area contributed by atoms with Crippen molar-refractivity contribution in [3.63, 3.8) is 0 Å². The molecular formula is C12H17N5S. The normalized spacial score (nSPS) is 12.4. The molecule has 0 amide bonds. The van der Waals surface area contributed by atoms with Gasteiger partial charge >= 0.3 is 0 Å². The summed E-state index contributed by atoms with van der Waals surface area (Å²) in [4.78, 5) is 12.9. The van der Waals surface area contributed by atoms with Crippen molar-refractivity contribution in [3.8, 4) is 0 Å². The number of anilines is 2. The van der Waals surface area contributed by atoms with Gasteiger partial charge in [0.05, 0.1) is 6.04 Å². The Bertz CT molecular complexity index is 524. The summed E-state index contributed by atoms with van der Waals surface area (Å²) in [5, 5.41) is 6.44. The van der Waals surface area contributed by atoms with E-state index in [9.17, 15) is 0 Å². The molecule has 1 atom stereocenters. The van der Waals surface area contributed by atoms with Crippen LogP contribution in [-0.4, -0.2) is 15.0 Å².